The molecule has 1 aliphatic heterocycles. The molecule has 3 aromatic rings. The molecule has 1 aliphatic rings. The van der Waals surface area contributed by atoms with E-state index in [1.807, 2.05) is 0 Å². The summed E-state index contributed by atoms with van der Waals surface area (Å²) in [6.45, 7) is 1.66. The van der Waals surface area contributed by atoms with Gasteiger partial charge < -0.3 is 9.84 Å². The molecule has 0 radical (unpaired) electrons. The number of anilines is 2. The molecule has 0 aliphatic carbocycles. The van der Waals surface area contributed by atoms with Crippen molar-refractivity contribution in [2.24, 2.45) is 0 Å². The molecule has 7 nitrogen and oxygen atoms in total. The van der Waals surface area contributed by atoms with Crippen LogP contribution < -0.4 is 9.62 Å². The topological polar surface area (TPSA) is 92.5 Å². The minimum atomic E-state index is -4.13. The van der Waals surface area contributed by atoms with Gasteiger partial charge in [-0.25, -0.2) is 12.8 Å². The standard InChI is InChI=1S/C18H14FN3O4S2/c1-11-8-16(21-26-11)20-9-15-17(23)18-14(6-7-27-18)22(28(15,24)25)10-12-2-4-13(19)5-3-12/h2-9H,10H2,1H3,(H,20,21). The van der Waals surface area contributed by atoms with Gasteiger partial charge in [0.25, 0.3) is 10.0 Å². The number of rotatable bonds is 4. The predicted octanol–water partition coefficient (Wildman–Crippen LogP) is 3.67. The zero-order chi connectivity index (χ0) is 19.9. The van der Waals surface area contributed by atoms with Gasteiger partial charge in [-0.3, -0.25) is 9.10 Å². The van der Waals surface area contributed by atoms with E-state index < -0.39 is 26.5 Å². The first-order valence-electron chi connectivity index (χ1n) is 8.15. The maximum atomic E-state index is 13.2. The summed E-state index contributed by atoms with van der Waals surface area (Å²) in [4.78, 5) is 12.7. The number of fused-ring (bicyclic) bond motifs is 1. The number of aromatic nitrogens is 1. The average Bonchev–Trinajstić information content (AvgIpc) is 3.29. The second-order valence-corrected chi connectivity index (χ2v) is 8.82. The highest BCUT2D eigenvalue weighted by Gasteiger charge is 2.41. The van der Waals surface area contributed by atoms with E-state index in [0.29, 0.717) is 21.9 Å². The number of aryl methyl sites for hydroxylation is 1. The Morgan fingerprint density at radius 1 is 1.29 bits per heavy atom. The fourth-order valence-electron chi connectivity index (χ4n) is 2.79. The molecule has 2 aromatic heterocycles. The SMILES string of the molecule is Cc1cc(NC=C2C(=O)c3sccc3N(Cc3ccc(F)cc3)S2(=O)=O)no1. The molecule has 0 unspecified atom stereocenters. The summed E-state index contributed by atoms with van der Waals surface area (Å²) in [5.74, 6) is -0.176. The number of benzene rings is 1. The molecule has 144 valence electrons. The second kappa shape index (κ2) is 6.88. The molecule has 0 spiro atoms. The van der Waals surface area contributed by atoms with Crippen molar-refractivity contribution in [3.05, 3.63) is 74.9 Å². The molecular weight excluding hydrogens is 405 g/mol. The molecule has 0 saturated carbocycles. The van der Waals surface area contributed by atoms with Crippen LogP contribution in [-0.4, -0.2) is 19.4 Å². The Balaban J connectivity index is 1.74. The number of halogens is 1. The van der Waals surface area contributed by atoms with E-state index in [4.69, 9.17) is 4.52 Å². The van der Waals surface area contributed by atoms with Gasteiger partial charge in [0.2, 0.25) is 5.78 Å². The lowest BCUT2D eigenvalue weighted by Crippen LogP contribution is -2.38. The van der Waals surface area contributed by atoms with Gasteiger partial charge in [-0.1, -0.05) is 17.3 Å². The summed E-state index contributed by atoms with van der Waals surface area (Å²) in [5.41, 5.74) is 0.907. The highest BCUT2D eigenvalue weighted by atomic mass is 32.2. The molecule has 0 bridgehead atoms. The molecule has 3 heterocycles. The Labute approximate surface area is 164 Å². The zero-order valence-corrected chi connectivity index (χ0v) is 16.2. The fourth-order valence-corrected chi connectivity index (χ4v) is 5.27. The molecule has 0 saturated heterocycles. The van der Waals surface area contributed by atoms with Gasteiger partial charge >= 0.3 is 0 Å². The maximum Gasteiger partial charge on any atom is 0.270 e. The summed E-state index contributed by atoms with van der Waals surface area (Å²) in [7, 11) is -4.13. The van der Waals surface area contributed by atoms with Gasteiger partial charge in [0.1, 0.15) is 16.5 Å². The summed E-state index contributed by atoms with van der Waals surface area (Å²) in [6, 6.07) is 8.70. The number of sulfonamides is 1. The quantitative estimate of drug-likeness (QED) is 0.649. The van der Waals surface area contributed by atoms with Crippen molar-refractivity contribution in [2.75, 3.05) is 9.62 Å². The Morgan fingerprint density at radius 3 is 2.71 bits per heavy atom. The molecule has 4 rings (SSSR count). The van der Waals surface area contributed by atoms with Crippen molar-refractivity contribution in [1.29, 1.82) is 0 Å². The highest BCUT2D eigenvalue weighted by molar-refractivity contribution is 7.97. The van der Waals surface area contributed by atoms with Crippen LogP contribution in [0, 0.1) is 12.7 Å². The van der Waals surface area contributed by atoms with Crippen molar-refractivity contribution in [3.8, 4) is 0 Å². The van der Waals surface area contributed by atoms with Crippen LogP contribution in [0.2, 0.25) is 0 Å². The zero-order valence-electron chi connectivity index (χ0n) is 14.5. The molecule has 10 heteroatoms. The van der Waals surface area contributed by atoms with Crippen LogP contribution in [0.15, 0.2) is 57.4 Å². The van der Waals surface area contributed by atoms with E-state index in [0.717, 1.165) is 21.8 Å². The van der Waals surface area contributed by atoms with Crippen molar-refractivity contribution in [2.45, 2.75) is 13.5 Å². The van der Waals surface area contributed by atoms with Crippen molar-refractivity contribution in [3.63, 3.8) is 0 Å². The smallest absolute Gasteiger partial charge is 0.270 e. The first-order chi connectivity index (χ1) is 13.4. The highest BCUT2D eigenvalue weighted by Crippen LogP contribution is 2.39. The third-order valence-corrected chi connectivity index (χ3v) is 6.80. The second-order valence-electron chi connectivity index (χ2n) is 6.08. The molecule has 0 atom stereocenters. The Hall–Kier alpha value is -2.98. The molecule has 28 heavy (non-hydrogen) atoms. The fraction of sp³-hybridized carbons (Fsp3) is 0.111. The number of hydrogen-bond acceptors (Lipinski definition) is 7. The minimum Gasteiger partial charge on any atom is -0.360 e. The Kier molecular flexibility index (Phi) is 4.52. The summed E-state index contributed by atoms with van der Waals surface area (Å²) < 4.78 is 45.6. The third-order valence-electron chi connectivity index (χ3n) is 4.13. The van der Waals surface area contributed by atoms with Gasteiger partial charge in [0, 0.05) is 12.3 Å². The maximum absolute atomic E-state index is 13.2. The number of allylic oxidation sites excluding steroid dienone is 1. The number of Topliss-reactive ketones (excluding diaryl/α,β-unsaturated/α-hetero) is 1. The number of nitrogens with one attached hydrogen (secondary N) is 1. The number of carbonyl (C=O) groups excluding carboxylic acids is 1. The molecule has 1 N–H and O–H groups in total. The summed E-state index contributed by atoms with van der Waals surface area (Å²) in [6.07, 6.45) is 1.12. The molecule has 0 fully saturated rings. The average molecular weight is 419 g/mol. The van der Waals surface area contributed by atoms with E-state index in [2.05, 4.69) is 10.5 Å². The largest absolute Gasteiger partial charge is 0.360 e. The van der Waals surface area contributed by atoms with Crippen molar-refractivity contribution >= 4 is 38.6 Å². The van der Waals surface area contributed by atoms with Crippen molar-refractivity contribution in [1.82, 2.24) is 5.16 Å². The van der Waals surface area contributed by atoms with Gasteiger partial charge in [0.05, 0.1) is 12.2 Å². The predicted molar refractivity (Wildman–Crippen MR) is 103 cm³/mol. The van der Waals surface area contributed by atoms with Crippen LogP contribution in [0.5, 0.6) is 0 Å². The monoisotopic (exact) mass is 419 g/mol. The Bertz CT molecular complexity index is 1180. The van der Waals surface area contributed by atoms with Crippen LogP contribution in [-0.2, 0) is 16.6 Å². The number of thiophene rings is 1. The molecule has 1 aromatic carbocycles. The number of ketones is 1. The third kappa shape index (κ3) is 3.20. The van der Waals surface area contributed by atoms with Crippen molar-refractivity contribution < 1.29 is 22.1 Å². The van der Waals surface area contributed by atoms with E-state index in [-0.39, 0.29) is 12.4 Å². The van der Waals surface area contributed by atoms with E-state index in [9.17, 15) is 17.6 Å². The first-order valence-corrected chi connectivity index (χ1v) is 10.5. The van der Waals surface area contributed by atoms with Gasteiger partial charge in [0.15, 0.2) is 10.7 Å². The van der Waals surface area contributed by atoms with Crippen LogP contribution in [0.25, 0.3) is 0 Å². The van der Waals surface area contributed by atoms with Crippen LogP contribution in [0.4, 0.5) is 15.9 Å². The molecule has 0 amide bonds. The van der Waals surface area contributed by atoms with Crippen LogP contribution >= 0.6 is 11.3 Å². The van der Waals surface area contributed by atoms with Gasteiger partial charge in [-0.05, 0) is 36.1 Å². The van der Waals surface area contributed by atoms with Crippen LogP contribution in [0.1, 0.15) is 21.0 Å². The van der Waals surface area contributed by atoms with E-state index >= 15 is 0 Å². The van der Waals surface area contributed by atoms with E-state index in [1.54, 1.807) is 24.4 Å². The number of hydrogen-bond donors (Lipinski definition) is 1. The van der Waals surface area contributed by atoms with Crippen LogP contribution in [0.3, 0.4) is 0 Å². The molecular formula is C18H14FN3O4S2. The Morgan fingerprint density at radius 2 is 2.04 bits per heavy atom. The number of carbonyl (C=O) groups is 1. The lowest BCUT2D eigenvalue weighted by Gasteiger charge is -2.29. The lowest BCUT2D eigenvalue weighted by molar-refractivity contribution is 0.104. The van der Waals surface area contributed by atoms with E-state index in [1.165, 1.54) is 24.3 Å². The normalized spacial score (nSPS) is 17.0. The van der Waals surface area contributed by atoms with Gasteiger partial charge in [-0.2, -0.15) is 0 Å². The summed E-state index contributed by atoms with van der Waals surface area (Å²) >= 11 is 1.16. The minimum absolute atomic E-state index is 0.0277. The lowest BCUT2D eigenvalue weighted by atomic mass is 10.2. The van der Waals surface area contributed by atoms with Gasteiger partial charge in [-0.15, -0.1) is 11.3 Å². The number of nitrogens with zero attached hydrogens (tertiary/aromatic N) is 2. The first kappa shape index (κ1) is 18.4. The summed E-state index contributed by atoms with van der Waals surface area (Å²) in [5, 5.41) is 8.08.